The van der Waals surface area contributed by atoms with Gasteiger partial charge in [0.1, 0.15) is 0 Å². The van der Waals surface area contributed by atoms with Crippen molar-refractivity contribution in [2.75, 3.05) is 36.0 Å². The molecule has 3 aliphatic rings. The minimum Gasteiger partial charge on any atom is -0.316 e. The lowest BCUT2D eigenvalue weighted by atomic mass is 9.81. The zero-order valence-electron chi connectivity index (χ0n) is 16.4. The topological polar surface area (TPSA) is 52.7 Å². The van der Waals surface area contributed by atoms with Crippen LogP contribution in [0.25, 0.3) is 0 Å². The smallest absolute Gasteiger partial charge is 0.235 e. The third kappa shape index (κ3) is 3.32. The number of rotatable bonds is 3. The predicted octanol–water partition coefficient (Wildman–Crippen LogP) is 2.96. The Labute approximate surface area is 177 Å². The van der Waals surface area contributed by atoms with Crippen LogP contribution in [0.1, 0.15) is 24.0 Å². The number of anilines is 2. The molecule has 0 saturated carbocycles. The van der Waals surface area contributed by atoms with Crippen LogP contribution in [0.5, 0.6) is 0 Å². The van der Waals surface area contributed by atoms with E-state index in [0.29, 0.717) is 26.1 Å². The lowest BCUT2D eigenvalue weighted by Crippen LogP contribution is -2.48. The van der Waals surface area contributed by atoms with E-state index in [-0.39, 0.29) is 30.6 Å². The van der Waals surface area contributed by atoms with E-state index in [1.54, 1.807) is 0 Å². The highest BCUT2D eigenvalue weighted by Gasteiger charge is 2.47. The first-order valence-electron chi connectivity index (χ1n) is 10.2. The fourth-order valence-electron chi connectivity index (χ4n) is 4.97. The fourth-order valence-corrected chi connectivity index (χ4v) is 4.97. The van der Waals surface area contributed by atoms with Crippen molar-refractivity contribution >= 4 is 35.6 Å². The Hall–Kier alpha value is -2.37. The number of carbonyl (C=O) groups is 2. The van der Waals surface area contributed by atoms with Gasteiger partial charge in [-0.05, 0) is 49.1 Å². The second kappa shape index (κ2) is 7.81. The maximum Gasteiger partial charge on any atom is 0.235 e. The van der Waals surface area contributed by atoms with Gasteiger partial charge in [0, 0.05) is 37.4 Å². The van der Waals surface area contributed by atoms with E-state index < -0.39 is 5.41 Å². The van der Waals surface area contributed by atoms with E-state index in [1.807, 2.05) is 46.2 Å². The lowest BCUT2D eigenvalue weighted by molar-refractivity contribution is -0.132. The number of benzene rings is 2. The van der Waals surface area contributed by atoms with E-state index in [9.17, 15) is 9.59 Å². The fraction of sp³-hybridized carbons (Fsp3) is 0.391. The number of halogens is 1. The van der Waals surface area contributed by atoms with E-state index in [4.69, 9.17) is 0 Å². The van der Waals surface area contributed by atoms with Crippen molar-refractivity contribution in [3.63, 3.8) is 0 Å². The molecule has 5 nitrogen and oxygen atoms in total. The van der Waals surface area contributed by atoms with Gasteiger partial charge in [-0.15, -0.1) is 12.4 Å². The van der Waals surface area contributed by atoms with E-state index >= 15 is 0 Å². The number of carbonyl (C=O) groups excluding carboxylic acids is 2. The van der Waals surface area contributed by atoms with Crippen LogP contribution in [0, 0.1) is 5.41 Å². The van der Waals surface area contributed by atoms with Crippen molar-refractivity contribution < 1.29 is 9.59 Å². The number of fused-ring (bicyclic) bond motifs is 2. The summed E-state index contributed by atoms with van der Waals surface area (Å²) in [5.74, 6) is 0.165. The van der Waals surface area contributed by atoms with Gasteiger partial charge < -0.3 is 15.1 Å². The summed E-state index contributed by atoms with van der Waals surface area (Å²) in [6.07, 6.45) is 2.76. The summed E-state index contributed by atoms with van der Waals surface area (Å²) in [5, 5.41) is 3.34. The van der Waals surface area contributed by atoms with Gasteiger partial charge in [-0.2, -0.15) is 0 Å². The van der Waals surface area contributed by atoms with Gasteiger partial charge in [-0.25, -0.2) is 0 Å². The molecule has 1 saturated heterocycles. The first-order chi connectivity index (χ1) is 13.7. The highest BCUT2D eigenvalue weighted by atomic mass is 35.5. The van der Waals surface area contributed by atoms with Crippen molar-refractivity contribution in [2.24, 2.45) is 5.41 Å². The van der Waals surface area contributed by atoms with Crippen LogP contribution in [-0.4, -0.2) is 38.0 Å². The van der Waals surface area contributed by atoms with Crippen molar-refractivity contribution in [3.05, 3.63) is 59.7 Å². The Balaban J connectivity index is 0.00000205. The zero-order valence-corrected chi connectivity index (χ0v) is 17.2. The maximum absolute atomic E-state index is 13.6. The zero-order chi connectivity index (χ0) is 19.1. The molecule has 0 aliphatic carbocycles. The van der Waals surface area contributed by atoms with Gasteiger partial charge >= 0.3 is 0 Å². The van der Waals surface area contributed by atoms with Crippen LogP contribution in [0.4, 0.5) is 11.4 Å². The third-order valence-corrected chi connectivity index (χ3v) is 6.51. The van der Waals surface area contributed by atoms with Crippen LogP contribution in [-0.2, 0) is 22.4 Å². The van der Waals surface area contributed by atoms with Gasteiger partial charge in [-0.3, -0.25) is 9.59 Å². The number of hydrogen-bond donors (Lipinski definition) is 1. The molecule has 0 radical (unpaired) electrons. The summed E-state index contributed by atoms with van der Waals surface area (Å²) in [5.41, 5.74) is 3.81. The molecule has 0 aromatic heterocycles. The summed E-state index contributed by atoms with van der Waals surface area (Å²) >= 11 is 0. The van der Waals surface area contributed by atoms with Crippen LogP contribution >= 0.6 is 12.4 Å². The Kier molecular flexibility index (Phi) is 5.36. The largest absolute Gasteiger partial charge is 0.316 e. The Morgan fingerprint density at radius 1 is 0.897 bits per heavy atom. The summed E-state index contributed by atoms with van der Waals surface area (Å²) in [7, 11) is 0. The first kappa shape index (κ1) is 19.9. The minimum absolute atomic E-state index is 0. The second-order valence-corrected chi connectivity index (χ2v) is 8.14. The molecule has 2 aromatic carbocycles. The highest BCUT2D eigenvalue weighted by molar-refractivity contribution is 6.04. The van der Waals surface area contributed by atoms with Crippen LogP contribution in [0.2, 0.25) is 0 Å². The van der Waals surface area contributed by atoms with Crippen molar-refractivity contribution in [2.45, 2.75) is 25.7 Å². The normalized spacial score (nSPS) is 22.2. The van der Waals surface area contributed by atoms with Crippen molar-refractivity contribution in [1.29, 1.82) is 0 Å². The number of amides is 2. The van der Waals surface area contributed by atoms with Crippen LogP contribution in [0.15, 0.2) is 48.5 Å². The standard InChI is InChI=1S/C23H25N3O2.ClH/c27-21(25-13-9-17-5-1-3-7-19(17)25)15-23(11-12-24-16-23)22(28)26-14-10-18-6-2-4-8-20(18)26;/h1-8,24H,9-16H2;1H. The van der Waals surface area contributed by atoms with E-state index in [1.165, 1.54) is 11.1 Å². The molecule has 3 heterocycles. The molecule has 6 heteroatoms. The molecule has 1 unspecified atom stereocenters. The van der Waals surface area contributed by atoms with Gasteiger partial charge in [0.2, 0.25) is 11.8 Å². The summed E-state index contributed by atoms with van der Waals surface area (Å²) in [4.78, 5) is 30.7. The highest BCUT2D eigenvalue weighted by Crippen LogP contribution is 2.39. The number of nitrogens with zero attached hydrogens (tertiary/aromatic N) is 2. The molecule has 3 aliphatic heterocycles. The molecule has 1 N–H and O–H groups in total. The van der Waals surface area contributed by atoms with E-state index in [0.717, 1.165) is 30.8 Å². The molecule has 2 amide bonds. The molecule has 5 rings (SSSR count). The summed E-state index contributed by atoms with van der Waals surface area (Å²) < 4.78 is 0. The Bertz CT molecular complexity index is 939. The Morgan fingerprint density at radius 2 is 1.48 bits per heavy atom. The number of nitrogens with one attached hydrogen (secondary N) is 1. The van der Waals surface area contributed by atoms with Crippen molar-refractivity contribution in [3.8, 4) is 0 Å². The Morgan fingerprint density at radius 3 is 2.10 bits per heavy atom. The molecular weight excluding hydrogens is 386 g/mol. The molecule has 152 valence electrons. The quantitative estimate of drug-likeness (QED) is 0.844. The molecule has 0 spiro atoms. The number of hydrogen-bond acceptors (Lipinski definition) is 3. The average molecular weight is 412 g/mol. The van der Waals surface area contributed by atoms with Gasteiger partial charge in [-0.1, -0.05) is 36.4 Å². The second-order valence-electron chi connectivity index (χ2n) is 8.14. The molecule has 1 fully saturated rings. The molecular formula is C23H26ClN3O2. The lowest BCUT2D eigenvalue weighted by Gasteiger charge is -2.33. The molecule has 2 aromatic rings. The monoisotopic (exact) mass is 411 g/mol. The van der Waals surface area contributed by atoms with Gasteiger partial charge in [0.25, 0.3) is 0 Å². The van der Waals surface area contributed by atoms with Gasteiger partial charge in [0.15, 0.2) is 0 Å². The average Bonchev–Trinajstić information content (AvgIpc) is 3.45. The maximum atomic E-state index is 13.6. The predicted molar refractivity (Wildman–Crippen MR) is 117 cm³/mol. The summed E-state index contributed by atoms with van der Waals surface area (Å²) in [6, 6.07) is 16.2. The first-order valence-corrected chi connectivity index (χ1v) is 10.2. The van der Waals surface area contributed by atoms with Crippen LogP contribution in [0.3, 0.4) is 0 Å². The third-order valence-electron chi connectivity index (χ3n) is 6.51. The SMILES string of the molecule is Cl.O=C(CC1(C(=O)N2CCc3ccccc32)CCNC1)N1CCc2ccccc21. The van der Waals surface area contributed by atoms with Crippen LogP contribution < -0.4 is 15.1 Å². The minimum atomic E-state index is -0.647. The van der Waals surface area contributed by atoms with E-state index in [2.05, 4.69) is 17.4 Å². The van der Waals surface area contributed by atoms with Gasteiger partial charge in [0.05, 0.1) is 5.41 Å². The van der Waals surface area contributed by atoms with Crippen molar-refractivity contribution in [1.82, 2.24) is 5.32 Å². The molecule has 1 atom stereocenters. The summed E-state index contributed by atoms with van der Waals surface area (Å²) in [6.45, 7) is 2.78. The molecule has 29 heavy (non-hydrogen) atoms. The number of para-hydroxylation sites is 2. The molecule has 0 bridgehead atoms.